The number of rotatable bonds is 8. The molecule has 194 valence electrons. The lowest BCUT2D eigenvalue weighted by atomic mass is 9.75. The number of likely N-dealkylation sites (tertiary alicyclic amines) is 1. The van der Waals surface area contributed by atoms with Crippen LogP contribution in [0.3, 0.4) is 0 Å². The van der Waals surface area contributed by atoms with E-state index >= 15 is 0 Å². The van der Waals surface area contributed by atoms with Crippen molar-refractivity contribution in [3.63, 3.8) is 0 Å². The number of H-pyrrole nitrogens is 1. The van der Waals surface area contributed by atoms with Gasteiger partial charge in [0.05, 0.1) is 29.5 Å². The number of carbonyl (C=O) groups excluding carboxylic acids is 3. The van der Waals surface area contributed by atoms with Gasteiger partial charge in [0.2, 0.25) is 17.7 Å². The Morgan fingerprint density at radius 2 is 1.78 bits per heavy atom. The molecule has 3 atom stereocenters. The van der Waals surface area contributed by atoms with Crippen LogP contribution in [0.25, 0.3) is 11.0 Å². The zero-order chi connectivity index (χ0) is 25.9. The number of hydrogen-bond acceptors (Lipinski definition) is 4. The van der Waals surface area contributed by atoms with Crippen LogP contribution >= 0.6 is 0 Å². The summed E-state index contributed by atoms with van der Waals surface area (Å²) in [6.07, 6.45) is 3.35. The second-order valence-electron chi connectivity index (χ2n) is 10.6. The smallest absolute Gasteiger partial charge is 0.243 e. The maximum absolute atomic E-state index is 13.5. The predicted molar refractivity (Wildman–Crippen MR) is 141 cm³/mol. The highest BCUT2D eigenvalue weighted by atomic mass is 16.2. The van der Waals surface area contributed by atoms with Crippen LogP contribution in [-0.2, 0) is 14.4 Å². The molecule has 1 unspecified atom stereocenters. The van der Waals surface area contributed by atoms with Crippen LogP contribution in [-0.4, -0.2) is 45.2 Å². The zero-order valence-electron chi connectivity index (χ0n) is 21.4. The number of amides is 3. The van der Waals surface area contributed by atoms with Gasteiger partial charge in [-0.25, -0.2) is 4.98 Å². The molecule has 2 heterocycles. The van der Waals surface area contributed by atoms with Gasteiger partial charge >= 0.3 is 0 Å². The summed E-state index contributed by atoms with van der Waals surface area (Å²) in [5.41, 5.74) is 2.80. The first kappa shape index (κ1) is 25.0. The Morgan fingerprint density at radius 3 is 2.51 bits per heavy atom. The highest BCUT2D eigenvalue weighted by molar-refractivity contribution is 5.93. The molecular weight excluding hydrogens is 466 g/mol. The summed E-state index contributed by atoms with van der Waals surface area (Å²) in [7, 11) is 0. The quantitative estimate of drug-likeness (QED) is 0.433. The highest BCUT2D eigenvalue weighted by Gasteiger charge is 2.37. The van der Waals surface area contributed by atoms with Crippen LogP contribution in [0.15, 0.2) is 54.6 Å². The number of nitrogens with one attached hydrogen (secondary N) is 3. The number of carbonyl (C=O) groups is 3. The Kier molecular flexibility index (Phi) is 7.26. The van der Waals surface area contributed by atoms with Crippen LogP contribution in [0.2, 0.25) is 0 Å². The Bertz CT molecular complexity index is 1230. The van der Waals surface area contributed by atoms with E-state index < -0.39 is 12.1 Å². The third-order valence-electron chi connectivity index (χ3n) is 7.69. The largest absolute Gasteiger partial charge is 0.345 e. The fourth-order valence-electron chi connectivity index (χ4n) is 5.55. The Hall–Kier alpha value is -3.68. The van der Waals surface area contributed by atoms with Crippen molar-refractivity contribution >= 4 is 28.8 Å². The van der Waals surface area contributed by atoms with Gasteiger partial charge in [0.1, 0.15) is 11.9 Å². The van der Waals surface area contributed by atoms with Gasteiger partial charge in [-0.3, -0.25) is 14.4 Å². The number of para-hydroxylation sites is 2. The highest BCUT2D eigenvalue weighted by Crippen LogP contribution is 2.34. The van der Waals surface area contributed by atoms with Gasteiger partial charge in [0, 0.05) is 12.5 Å². The Labute approximate surface area is 217 Å². The molecule has 37 heavy (non-hydrogen) atoms. The van der Waals surface area contributed by atoms with E-state index in [2.05, 4.69) is 27.5 Å². The Morgan fingerprint density at radius 1 is 1.05 bits per heavy atom. The average molecular weight is 502 g/mol. The van der Waals surface area contributed by atoms with E-state index in [1.807, 2.05) is 66.4 Å². The molecule has 5 rings (SSSR count). The average Bonchev–Trinajstić information content (AvgIpc) is 3.54. The molecule has 2 fully saturated rings. The van der Waals surface area contributed by atoms with Crippen LogP contribution in [0.1, 0.15) is 69.4 Å². The van der Waals surface area contributed by atoms with Gasteiger partial charge in [-0.05, 0) is 56.2 Å². The van der Waals surface area contributed by atoms with E-state index in [4.69, 9.17) is 0 Å². The summed E-state index contributed by atoms with van der Waals surface area (Å²) in [5, 5.41) is 5.87. The minimum absolute atomic E-state index is 0.00457. The summed E-state index contributed by atoms with van der Waals surface area (Å²) in [6, 6.07) is 16.3. The van der Waals surface area contributed by atoms with Gasteiger partial charge in [-0.1, -0.05) is 49.4 Å². The minimum Gasteiger partial charge on any atom is -0.345 e. The normalized spacial score (nSPS) is 22.8. The number of hydrogen-bond donors (Lipinski definition) is 3. The molecule has 1 aliphatic heterocycles. The van der Waals surface area contributed by atoms with Gasteiger partial charge in [0.15, 0.2) is 0 Å². The van der Waals surface area contributed by atoms with Crippen molar-refractivity contribution in [2.45, 2.75) is 64.1 Å². The number of nitrogens with zero attached hydrogens (tertiary/aromatic N) is 2. The molecule has 3 aromatic rings. The second-order valence-corrected chi connectivity index (χ2v) is 10.6. The lowest BCUT2D eigenvalue weighted by molar-refractivity contribution is -0.138. The molecule has 1 aliphatic carbocycles. The second kappa shape index (κ2) is 10.7. The molecule has 1 saturated carbocycles. The van der Waals surface area contributed by atoms with E-state index in [1.54, 1.807) is 0 Å². The van der Waals surface area contributed by atoms with E-state index in [1.165, 1.54) is 0 Å². The first-order chi connectivity index (χ1) is 17.9. The fraction of sp³-hybridized carbons (Fsp3) is 0.448. The number of fused-ring (bicyclic) bond motifs is 1. The molecule has 8 heteroatoms. The molecule has 1 saturated heterocycles. The molecule has 0 spiro atoms. The molecule has 0 radical (unpaired) electrons. The fourth-order valence-corrected chi connectivity index (χ4v) is 5.55. The predicted octanol–water partition coefficient (Wildman–Crippen LogP) is 4.02. The number of imidazole rings is 1. The topological polar surface area (TPSA) is 107 Å². The zero-order valence-corrected chi connectivity index (χ0v) is 21.4. The van der Waals surface area contributed by atoms with Crippen molar-refractivity contribution in [3.05, 3.63) is 66.0 Å². The summed E-state index contributed by atoms with van der Waals surface area (Å²) in [4.78, 5) is 49.5. The number of benzene rings is 2. The third-order valence-corrected chi connectivity index (χ3v) is 7.69. The molecule has 2 aliphatic rings. The van der Waals surface area contributed by atoms with Crippen molar-refractivity contribution in [2.75, 3.05) is 6.54 Å². The van der Waals surface area contributed by atoms with E-state index in [9.17, 15) is 14.4 Å². The lowest BCUT2D eigenvalue weighted by Gasteiger charge is -2.33. The standard InChI is InChI=1S/C29H35N5O3/c1-18-15-21(16-18)28(36)33-24(17-26(35)34-14-8-13-25(34)20-9-4-3-5-10-20)29(37)30-19(2)27-31-22-11-6-7-12-23(22)32-27/h3-7,9-12,18-19,21,24-25H,8,13-17H2,1-2H3,(H,30,37)(H,31,32)(H,33,36)/t18?,19?,21?,24-,25-/m0/s1. The minimum atomic E-state index is -0.945. The van der Waals surface area contributed by atoms with Crippen molar-refractivity contribution in [1.29, 1.82) is 0 Å². The monoisotopic (exact) mass is 501 g/mol. The Balaban J connectivity index is 1.30. The molecule has 2 aromatic carbocycles. The number of aromatic amines is 1. The van der Waals surface area contributed by atoms with E-state index in [0.29, 0.717) is 18.3 Å². The molecule has 1 aromatic heterocycles. The van der Waals surface area contributed by atoms with Crippen molar-refractivity contribution in [3.8, 4) is 0 Å². The molecule has 8 nitrogen and oxygen atoms in total. The van der Waals surface area contributed by atoms with Crippen LogP contribution < -0.4 is 10.6 Å². The molecule has 3 N–H and O–H groups in total. The maximum atomic E-state index is 13.5. The molecular formula is C29H35N5O3. The van der Waals surface area contributed by atoms with E-state index in [-0.39, 0.29) is 36.1 Å². The first-order valence-electron chi connectivity index (χ1n) is 13.3. The first-order valence-corrected chi connectivity index (χ1v) is 13.3. The van der Waals surface area contributed by atoms with Gasteiger partial charge in [0.25, 0.3) is 0 Å². The summed E-state index contributed by atoms with van der Waals surface area (Å²) in [6.45, 7) is 4.61. The van der Waals surface area contributed by atoms with E-state index in [0.717, 1.165) is 42.3 Å². The lowest BCUT2D eigenvalue weighted by Crippen LogP contribution is -2.52. The number of aromatic nitrogens is 2. The third kappa shape index (κ3) is 5.53. The van der Waals surface area contributed by atoms with Crippen molar-refractivity contribution in [1.82, 2.24) is 25.5 Å². The van der Waals surface area contributed by atoms with Crippen molar-refractivity contribution in [2.24, 2.45) is 11.8 Å². The maximum Gasteiger partial charge on any atom is 0.243 e. The van der Waals surface area contributed by atoms with Crippen LogP contribution in [0, 0.1) is 11.8 Å². The van der Waals surface area contributed by atoms with Gasteiger partial charge in [-0.15, -0.1) is 0 Å². The van der Waals surface area contributed by atoms with Crippen LogP contribution in [0.5, 0.6) is 0 Å². The summed E-state index contributed by atoms with van der Waals surface area (Å²) >= 11 is 0. The van der Waals surface area contributed by atoms with Gasteiger partial charge in [-0.2, -0.15) is 0 Å². The SMILES string of the molecule is CC1CC(C(=O)N[C@@H](CC(=O)N2CCC[C@H]2c2ccccc2)C(=O)NC(C)c2nc3ccccc3[nH]2)C1. The molecule has 3 amide bonds. The van der Waals surface area contributed by atoms with Crippen LogP contribution in [0.4, 0.5) is 0 Å². The summed E-state index contributed by atoms with van der Waals surface area (Å²) < 4.78 is 0. The van der Waals surface area contributed by atoms with Gasteiger partial charge < -0.3 is 20.5 Å². The van der Waals surface area contributed by atoms with Crippen molar-refractivity contribution < 1.29 is 14.4 Å². The summed E-state index contributed by atoms with van der Waals surface area (Å²) in [5.74, 6) is 0.389. The molecule has 0 bridgehead atoms.